The van der Waals surface area contributed by atoms with E-state index in [9.17, 15) is 9.59 Å². The largest absolute Gasteiger partial charge is 0.494 e. The lowest BCUT2D eigenvalue weighted by atomic mass is 10.0. The Bertz CT molecular complexity index is 765. The van der Waals surface area contributed by atoms with Crippen LogP contribution in [-0.4, -0.2) is 31.1 Å². The topological polar surface area (TPSA) is 64.6 Å². The summed E-state index contributed by atoms with van der Waals surface area (Å²) in [5.74, 6) is 0.782. The summed E-state index contributed by atoms with van der Waals surface area (Å²) in [5, 5.41) is 2.73. The Hall–Kier alpha value is -2.82. The minimum Gasteiger partial charge on any atom is -0.494 e. The maximum Gasteiger partial charge on any atom is 0.407 e. The number of rotatable bonds is 8. The van der Waals surface area contributed by atoms with Crippen molar-refractivity contribution in [3.63, 3.8) is 0 Å². The van der Waals surface area contributed by atoms with Crippen LogP contribution in [0.15, 0.2) is 48.5 Å². The lowest BCUT2D eigenvalue weighted by Crippen LogP contribution is -2.33. The summed E-state index contributed by atoms with van der Waals surface area (Å²) in [6.45, 7) is 6.63. The highest BCUT2D eigenvalue weighted by molar-refractivity contribution is 5.79. The third-order valence-corrected chi connectivity index (χ3v) is 3.70. The number of amides is 1. The van der Waals surface area contributed by atoms with Crippen molar-refractivity contribution in [1.82, 2.24) is 5.32 Å². The number of hydrogen-bond acceptors (Lipinski definition) is 4. The number of ether oxygens (including phenoxy) is 2. The Labute approximate surface area is 160 Å². The maximum absolute atomic E-state index is 11.5. The molecule has 0 bridgehead atoms. The average molecular weight is 369 g/mol. The summed E-state index contributed by atoms with van der Waals surface area (Å²) in [5.41, 5.74) is 2.15. The quantitative estimate of drug-likeness (QED) is 0.534. The number of carbonyl (C=O) groups is 2. The molecule has 0 atom stereocenters. The predicted octanol–water partition coefficient (Wildman–Crippen LogP) is 4.85. The van der Waals surface area contributed by atoms with E-state index in [1.807, 2.05) is 63.2 Å². The zero-order chi connectivity index (χ0) is 19.7. The van der Waals surface area contributed by atoms with Crippen LogP contribution in [0, 0.1) is 0 Å². The van der Waals surface area contributed by atoms with Crippen LogP contribution in [0.3, 0.4) is 0 Å². The molecular weight excluding hydrogens is 342 g/mol. The molecule has 1 N–H and O–H groups in total. The van der Waals surface area contributed by atoms with Gasteiger partial charge in [-0.1, -0.05) is 30.3 Å². The molecule has 1 amide bonds. The van der Waals surface area contributed by atoms with Gasteiger partial charge in [-0.15, -0.1) is 0 Å². The molecule has 2 aromatic rings. The van der Waals surface area contributed by atoms with E-state index in [0.29, 0.717) is 18.7 Å². The average Bonchev–Trinajstić information content (AvgIpc) is 2.63. The van der Waals surface area contributed by atoms with Gasteiger partial charge >= 0.3 is 6.09 Å². The number of hydrogen-bond donors (Lipinski definition) is 1. The summed E-state index contributed by atoms with van der Waals surface area (Å²) in [6.07, 6.45) is 2.07. The van der Waals surface area contributed by atoms with E-state index in [1.54, 1.807) is 6.07 Å². The van der Waals surface area contributed by atoms with Crippen LogP contribution >= 0.6 is 0 Å². The van der Waals surface area contributed by atoms with Gasteiger partial charge in [0.15, 0.2) is 0 Å². The Morgan fingerprint density at radius 1 is 1.04 bits per heavy atom. The summed E-state index contributed by atoms with van der Waals surface area (Å²) < 4.78 is 11.0. The standard InChI is InChI=1S/C22H27NO4/c1-22(2,3)27-21(25)23-12-4-5-13-26-20-11-7-10-19(15-20)18-9-6-8-17(14-18)16-24/h6-11,14-16H,4-5,12-13H2,1-3H3,(H,23,25). The zero-order valence-electron chi connectivity index (χ0n) is 16.2. The molecule has 2 aromatic carbocycles. The molecule has 0 heterocycles. The number of aldehydes is 1. The van der Waals surface area contributed by atoms with Crippen LogP contribution in [0.25, 0.3) is 11.1 Å². The van der Waals surface area contributed by atoms with E-state index in [2.05, 4.69) is 5.32 Å². The summed E-state index contributed by atoms with van der Waals surface area (Å²) in [4.78, 5) is 22.5. The second kappa shape index (κ2) is 9.76. The molecule has 0 saturated carbocycles. The number of alkyl carbamates (subject to hydrolysis) is 1. The van der Waals surface area contributed by atoms with Gasteiger partial charge in [-0.25, -0.2) is 4.79 Å². The van der Waals surface area contributed by atoms with Crippen LogP contribution in [0.5, 0.6) is 5.75 Å². The van der Waals surface area contributed by atoms with Crippen LogP contribution in [0.2, 0.25) is 0 Å². The molecule has 0 radical (unpaired) electrons. The molecule has 0 aromatic heterocycles. The fourth-order valence-corrected chi connectivity index (χ4v) is 2.48. The Kier molecular flexibility index (Phi) is 7.41. The van der Waals surface area contributed by atoms with Gasteiger partial charge in [0.05, 0.1) is 6.61 Å². The van der Waals surface area contributed by atoms with Crippen LogP contribution in [0.1, 0.15) is 44.0 Å². The summed E-state index contributed by atoms with van der Waals surface area (Å²) in [6, 6.07) is 15.3. The molecule has 144 valence electrons. The highest BCUT2D eigenvalue weighted by Crippen LogP contribution is 2.24. The van der Waals surface area contributed by atoms with Crippen LogP contribution in [0.4, 0.5) is 4.79 Å². The first-order valence-electron chi connectivity index (χ1n) is 9.13. The van der Waals surface area contributed by atoms with Crippen LogP contribution < -0.4 is 10.1 Å². The molecule has 0 aliphatic heterocycles. The van der Waals surface area contributed by atoms with Crippen molar-refractivity contribution in [2.45, 2.75) is 39.2 Å². The van der Waals surface area contributed by atoms with Gasteiger partial charge in [0, 0.05) is 12.1 Å². The Morgan fingerprint density at radius 3 is 2.44 bits per heavy atom. The van der Waals surface area contributed by atoms with Gasteiger partial charge < -0.3 is 14.8 Å². The van der Waals surface area contributed by atoms with Gasteiger partial charge in [-0.3, -0.25) is 4.79 Å². The Morgan fingerprint density at radius 2 is 1.74 bits per heavy atom. The van der Waals surface area contributed by atoms with E-state index in [4.69, 9.17) is 9.47 Å². The number of carbonyl (C=O) groups excluding carboxylic acids is 2. The van der Waals surface area contributed by atoms with Crippen molar-refractivity contribution in [3.05, 3.63) is 54.1 Å². The summed E-state index contributed by atoms with van der Waals surface area (Å²) in [7, 11) is 0. The molecule has 0 aliphatic rings. The van der Waals surface area contributed by atoms with E-state index in [0.717, 1.165) is 36.0 Å². The van der Waals surface area contributed by atoms with Gasteiger partial charge in [0.1, 0.15) is 17.6 Å². The molecule has 0 saturated heterocycles. The van der Waals surface area contributed by atoms with Crippen molar-refractivity contribution in [3.8, 4) is 16.9 Å². The third kappa shape index (κ3) is 7.52. The molecule has 27 heavy (non-hydrogen) atoms. The van der Waals surface area contributed by atoms with E-state index in [-0.39, 0.29) is 0 Å². The number of benzene rings is 2. The third-order valence-electron chi connectivity index (χ3n) is 3.70. The fraction of sp³-hybridized carbons (Fsp3) is 0.364. The smallest absolute Gasteiger partial charge is 0.407 e. The molecular formula is C22H27NO4. The molecule has 0 fully saturated rings. The lowest BCUT2D eigenvalue weighted by Gasteiger charge is -2.19. The lowest BCUT2D eigenvalue weighted by molar-refractivity contribution is 0.0526. The first-order chi connectivity index (χ1) is 12.9. The van der Waals surface area contributed by atoms with Gasteiger partial charge in [-0.2, -0.15) is 0 Å². The first-order valence-corrected chi connectivity index (χ1v) is 9.13. The van der Waals surface area contributed by atoms with Gasteiger partial charge in [0.25, 0.3) is 0 Å². The normalized spacial score (nSPS) is 10.9. The molecule has 0 aliphatic carbocycles. The van der Waals surface area contributed by atoms with Gasteiger partial charge in [0.2, 0.25) is 0 Å². The van der Waals surface area contributed by atoms with Crippen LogP contribution in [-0.2, 0) is 4.74 Å². The van der Waals surface area contributed by atoms with E-state index < -0.39 is 11.7 Å². The molecule has 2 rings (SSSR count). The van der Waals surface area contributed by atoms with E-state index >= 15 is 0 Å². The molecule has 0 spiro atoms. The van der Waals surface area contributed by atoms with Gasteiger partial charge in [-0.05, 0) is 62.9 Å². The van der Waals surface area contributed by atoms with Crippen molar-refractivity contribution in [2.24, 2.45) is 0 Å². The summed E-state index contributed by atoms with van der Waals surface area (Å²) >= 11 is 0. The molecule has 0 unspecified atom stereocenters. The fourth-order valence-electron chi connectivity index (χ4n) is 2.48. The minimum absolute atomic E-state index is 0.395. The van der Waals surface area contributed by atoms with Crippen molar-refractivity contribution in [1.29, 1.82) is 0 Å². The highest BCUT2D eigenvalue weighted by Gasteiger charge is 2.15. The first kappa shape index (κ1) is 20.5. The number of nitrogens with one attached hydrogen (secondary N) is 1. The molecule has 5 nitrogen and oxygen atoms in total. The Balaban J connectivity index is 1.75. The highest BCUT2D eigenvalue weighted by atomic mass is 16.6. The van der Waals surface area contributed by atoms with E-state index in [1.165, 1.54) is 0 Å². The van der Waals surface area contributed by atoms with Crippen molar-refractivity contribution >= 4 is 12.4 Å². The SMILES string of the molecule is CC(C)(C)OC(=O)NCCCCOc1cccc(-c2cccc(C=O)c2)c1. The predicted molar refractivity (Wildman–Crippen MR) is 106 cm³/mol. The minimum atomic E-state index is -0.483. The molecule has 5 heteroatoms. The van der Waals surface area contributed by atoms with Crippen molar-refractivity contribution in [2.75, 3.05) is 13.2 Å². The second-order valence-electron chi connectivity index (χ2n) is 7.26. The van der Waals surface area contributed by atoms with Crippen molar-refractivity contribution < 1.29 is 19.1 Å². The zero-order valence-corrected chi connectivity index (χ0v) is 16.2. The second-order valence-corrected chi connectivity index (χ2v) is 7.26. The number of unbranched alkanes of at least 4 members (excludes halogenated alkanes) is 1. The monoisotopic (exact) mass is 369 g/mol. The maximum atomic E-state index is 11.5.